The van der Waals surface area contributed by atoms with E-state index in [2.05, 4.69) is 5.32 Å². The molecule has 9 atom stereocenters. The van der Waals surface area contributed by atoms with E-state index in [1.807, 2.05) is 0 Å². The van der Waals surface area contributed by atoms with Gasteiger partial charge in [0.15, 0.2) is 22.8 Å². The van der Waals surface area contributed by atoms with Gasteiger partial charge in [-0.2, -0.15) is 0 Å². The average molecular weight is 605 g/mol. The van der Waals surface area contributed by atoms with Crippen molar-refractivity contribution < 1.29 is 38.2 Å². The molecule has 3 N–H and O–H groups in total. The van der Waals surface area contributed by atoms with E-state index < -0.39 is 75.3 Å². The summed E-state index contributed by atoms with van der Waals surface area (Å²) in [5, 5.41) is 25.7. The predicted octanol–water partition coefficient (Wildman–Crippen LogP) is 4.99. The van der Waals surface area contributed by atoms with E-state index in [0.29, 0.717) is 17.1 Å². The first-order valence-electron chi connectivity index (χ1n) is 14.3. The predicted molar refractivity (Wildman–Crippen MR) is 150 cm³/mol. The summed E-state index contributed by atoms with van der Waals surface area (Å²) in [5.74, 6) is -3.07. The van der Waals surface area contributed by atoms with Crippen molar-refractivity contribution in [2.75, 3.05) is 11.6 Å². The van der Waals surface area contributed by atoms with Crippen LogP contribution in [0, 0.1) is 28.6 Å². The molecule has 4 aliphatic carbocycles. The smallest absolute Gasteiger partial charge is 0.405 e. The maximum atomic E-state index is 17.7. The number of fused-ring (bicyclic) bond motifs is 7. The molecule has 8 nitrogen and oxygen atoms in total. The lowest BCUT2D eigenvalue weighted by molar-refractivity contribution is -0.228. The first-order chi connectivity index (χ1) is 19.5. The number of hydrogen-bond acceptors (Lipinski definition) is 6. The average Bonchev–Trinajstić information content (AvgIpc) is 3.39. The van der Waals surface area contributed by atoms with E-state index in [1.54, 1.807) is 36.3 Å². The Labute approximate surface area is 247 Å². The van der Waals surface area contributed by atoms with Gasteiger partial charge in [0.1, 0.15) is 6.17 Å². The summed E-state index contributed by atoms with van der Waals surface area (Å²) >= 11 is 6.09. The minimum absolute atomic E-state index is 0.0253. The van der Waals surface area contributed by atoms with E-state index in [0.717, 1.165) is 6.08 Å². The maximum absolute atomic E-state index is 17.7. The van der Waals surface area contributed by atoms with Gasteiger partial charge in [0.2, 0.25) is 0 Å². The monoisotopic (exact) mass is 604 g/mol. The van der Waals surface area contributed by atoms with Crippen molar-refractivity contribution in [3.63, 3.8) is 0 Å². The number of ketones is 2. The Bertz CT molecular complexity index is 1430. The first-order valence-corrected chi connectivity index (χ1v) is 14.6. The fourth-order valence-electron chi connectivity index (χ4n) is 9.19. The first kappa shape index (κ1) is 29.3. The summed E-state index contributed by atoms with van der Waals surface area (Å²) in [6.45, 7) is 6.46. The van der Waals surface area contributed by atoms with Crippen LogP contribution in [-0.4, -0.2) is 63.5 Å². The molecular weight excluding hydrogens is 570 g/mol. The summed E-state index contributed by atoms with van der Waals surface area (Å²) in [4.78, 5) is 45.1. The Morgan fingerprint density at radius 2 is 1.83 bits per heavy atom. The molecule has 1 aromatic rings. The van der Waals surface area contributed by atoms with Gasteiger partial charge in [0.05, 0.1) is 23.9 Å². The zero-order valence-corrected chi connectivity index (χ0v) is 24.6. The van der Waals surface area contributed by atoms with E-state index in [-0.39, 0.29) is 25.0 Å². The second-order valence-corrected chi connectivity index (χ2v) is 14.0. The number of nitrogens with zero attached hydrogens (tertiary/aromatic N) is 1. The van der Waals surface area contributed by atoms with Crippen LogP contribution >= 0.6 is 11.6 Å². The number of aliphatic hydroxyl groups excluding tert-OH is 1. The summed E-state index contributed by atoms with van der Waals surface area (Å²) < 4.78 is 33.6. The van der Waals surface area contributed by atoms with Gasteiger partial charge in [-0.05, 0) is 87.9 Å². The lowest BCUT2D eigenvalue weighted by Gasteiger charge is -2.63. The number of benzene rings is 1. The molecular formula is C31H35ClF2N2O6. The lowest BCUT2D eigenvalue weighted by Crippen LogP contribution is -2.72. The molecule has 1 aromatic carbocycles. The Morgan fingerprint density at radius 1 is 1.17 bits per heavy atom. The molecule has 1 aliphatic heterocycles. The van der Waals surface area contributed by atoms with E-state index in [9.17, 15) is 24.6 Å². The van der Waals surface area contributed by atoms with Crippen LogP contribution in [0.5, 0.6) is 0 Å². The second kappa shape index (κ2) is 9.09. The fraction of sp³-hybridized carbons (Fsp3) is 0.581. The Morgan fingerprint density at radius 3 is 2.48 bits per heavy atom. The number of aliphatic hydroxyl groups is 1. The van der Waals surface area contributed by atoms with Crippen LogP contribution in [0.3, 0.4) is 0 Å². The summed E-state index contributed by atoms with van der Waals surface area (Å²) in [5.41, 5.74) is -7.67. The molecule has 0 aromatic heterocycles. The molecule has 6 rings (SSSR count). The molecule has 0 spiro atoms. The standard InChI is InChI=1S/C31H35ClF2N2O6/c1-27(2,35-26(40)41)25(39)31-16(15-36(42-31)18-7-5-17(32)6-8-18)11-20-21-13-23(33)22-12-19(37)9-10-28(22,3)30(21,34)24(38)14-29(20,31)4/h5-10,12,16,20-21,23-24,35,38H,11,13-15H2,1-4H3,(H,40,41)/t16-,20-,21-,23-,24-,28-,29-,30-,31-/m0/s1. The number of alkyl halides is 2. The molecule has 42 heavy (non-hydrogen) atoms. The molecule has 1 amide bonds. The number of allylic oxidation sites excluding steroid dienone is 4. The normalized spacial score (nSPS) is 42.3. The van der Waals surface area contributed by atoms with Crippen molar-refractivity contribution >= 4 is 34.9 Å². The summed E-state index contributed by atoms with van der Waals surface area (Å²) in [6, 6.07) is 6.85. The molecule has 11 heteroatoms. The highest BCUT2D eigenvalue weighted by atomic mass is 35.5. The van der Waals surface area contributed by atoms with Crippen LogP contribution in [-0.2, 0) is 14.4 Å². The highest BCUT2D eigenvalue weighted by Gasteiger charge is 2.80. The second-order valence-electron chi connectivity index (χ2n) is 13.5. The van der Waals surface area contributed by atoms with Crippen molar-refractivity contribution in [1.29, 1.82) is 0 Å². The third-order valence-electron chi connectivity index (χ3n) is 11.1. The van der Waals surface area contributed by atoms with Crippen LogP contribution < -0.4 is 10.4 Å². The Kier molecular flexibility index (Phi) is 6.34. The van der Waals surface area contributed by atoms with Crippen LogP contribution in [0.4, 0.5) is 19.3 Å². The third kappa shape index (κ3) is 3.61. The van der Waals surface area contributed by atoms with Crippen molar-refractivity contribution in [1.82, 2.24) is 5.32 Å². The number of nitrogens with one attached hydrogen (secondary N) is 1. The van der Waals surface area contributed by atoms with Crippen molar-refractivity contribution in [3.8, 4) is 0 Å². The van der Waals surface area contributed by atoms with Crippen molar-refractivity contribution in [3.05, 3.63) is 53.1 Å². The molecule has 5 aliphatic rings. The number of halogens is 3. The number of carboxylic acid groups (broad SMARTS) is 1. The van der Waals surface area contributed by atoms with E-state index in [4.69, 9.17) is 16.4 Å². The number of hydrogen-bond donors (Lipinski definition) is 3. The molecule has 0 bridgehead atoms. The van der Waals surface area contributed by atoms with Crippen LogP contribution in [0.1, 0.15) is 47.0 Å². The van der Waals surface area contributed by atoms with E-state index >= 15 is 8.78 Å². The third-order valence-corrected chi connectivity index (χ3v) is 11.3. The van der Waals surface area contributed by atoms with Gasteiger partial charge in [-0.1, -0.05) is 24.6 Å². The fourth-order valence-corrected chi connectivity index (χ4v) is 9.31. The number of carbonyl (C=O) groups is 3. The Hall–Kier alpha value is -2.82. The molecule has 0 radical (unpaired) electrons. The topological polar surface area (TPSA) is 116 Å². The highest BCUT2D eigenvalue weighted by Crippen LogP contribution is 2.73. The van der Waals surface area contributed by atoms with Gasteiger partial charge < -0.3 is 15.5 Å². The Balaban J connectivity index is 1.48. The highest BCUT2D eigenvalue weighted by molar-refractivity contribution is 6.30. The number of carbonyl (C=O) groups excluding carboxylic acids is 2. The quantitative estimate of drug-likeness (QED) is 0.443. The minimum atomic E-state index is -2.31. The lowest BCUT2D eigenvalue weighted by atomic mass is 9.44. The van der Waals surface area contributed by atoms with Crippen LogP contribution in [0.2, 0.25) is 5.02 Å². The van der Waals surface area contributed by atoms with Gasteiger partial charge in [0.25, 0.3) is 0 Å². The van der Waals surface area contributed by atoms with Gasteiger partial charge in [-0.3, -0.25) is 19.5 Å². The van der Waals surface area contributed by atoms with Gasteiger partial charge in [0, 0.05) is 27.7 Å². The molecule has 1 heterocycles. The number of hydroxylamine groups is 1. The molecule has 1 saturated heterocycles. The van der Waals surface area contributed by atoms with Gasteiger partial charge >= 0.3 is 6.09 Å². The minimum Gasteiger partial charge on any atom is -0.465 e. The van der Waals surface area contributed by atoms with Crippen LogP contribution in [0.25, 0.3) is 0 Å². The number of Topliss-reactive ketones (excluding diaryl/α,β-unsaturated/α-hetero) is 1. The molecule has 4 fully saturated rings. The number of amides is 1. The van der Waals surface area contributed by atoms with E-state index in [1.165, 1.54) is 32.9 Å². The molecule has 3 saturated carbocycles. The number of anilines is 1. The maximum Gasteiger partial charge on any atom is 0.405 e. The molecule has 0 unspecified atom stereocenters. The SMILES string of the molecule is CC(C)(NC(=O)O)C(=O)[C@@]12ON(c3ccc(Cl)cc3)C[C@@H]1C[C@H]1[C@@H]3C[C@H](F)C4=CC(=O)C=C[C@]4(C)[C@@]3(F)[C@@H](O)C[C@@]12C. The largest absolute Gasteiger partial charge is 0.465 e. The van der Waals surface area contributed by atoms with Crippen molar-refractivity contribution in [2.45, 2.75) is 76.0 Å². The van der Waals surface area contributed by atoms with Crippen LogP contribution in [0.15, 0.2) is 48.1 Å². The van der Waals surface area contributed by atoms with Crippen molar-refractivity contribution in [2.24, 2.45) is 28.6 Å². The zero-order chi connectivity index (χ0) is 30.6. The number of rotatable bonds is 4. The molecule has 226 valence electrons. The van der Waals surface area contributed by atoms with Gasteiger partial charge in [-0.25, -0.2) is 13.6 Å². The van der Waals surface area contributed by atoms with Gasteiger partial charge in [-0.15, -0.1) is 0 Å². The summed E-state index contributed by atoms with van der Waals surface area (Å²) in [6.07, 6.45) is -1.04. The zero-order valence-electron chi connectivity index (χ0n) is 23.9. The summed E-state index contributed by atoms with van der Waals surface area (Å²) in [7, 11) is 0.